The van der Waals surface area contributed by atoms with Crippen molar-refractivity contribution in [2.45, 2.75) is 103 Å². The molecule has 1 aliphatic heterocycles. The van der Waals surface area contributed by atoms with E-state index in [0.717, 1.165) is 38.5 Å². The zero-order valence-electron chi connectivity index (χ0n) is 20.5. The van der Waals surface area contributed by atoms with Crippen molar-refractivity contribution < 1.29 is 24.0 Å². The third-order valence-electron chi connectivity index (χ3n) is 7.22. The van der Waals surface area contributed by atoms with E-state index in [1.54, 1.807) is 4.90 Å². The molecule has 9 heteroatoms. The molecule has 0 radical (unpaired) electrons. The van der Waals surface area contributed by atoms with Crippen LogP contribution in [0, 0.1) is 17.3 Å². The maximum absolute atomic E-state index is 13.5. The first-order valence-corrected chi connectivity index (χ1v) is 12.8. The number of ketones is 1. The number of amides is 4. The van der Waals surface area contributed by atoms with Crippen LogP contribution in [0.25, 0.3) is 0 Å². The second-order valence-electron chi connectivity index (χ2n) is 11.6. The molecule has 0 aromatic carbocycles. The molecule has 0 spiro atoms. The second kappa shape index (κ2) is 9.66. The van der Waals surface area contributed by atoms with Crippen LogP contribution in [0.15, 0.2) is 0 Å². The Morgan fingerprint density at radius 1 is 0.882 bits per heavy atom. The molecule has 1 heterocycles. The van der Waals surface area contributed by atoms with Gasteiger partial charge >= 0.3 is 0 Å². The summed E-state index contributed by atoms with van der Waals surface area (Å²) < 4.78 is 0. The molecule has 4 rings (SSSR count). The van der Waals surface area contributed by atoms with E-state index in [-0.39, 0.29) is 23.8 Å². The standard InChI is InChI=1S/C25H38N4O5/c1-25(2,3)20(28-21(31)15-8-9-15)24(34)29-12-4-5-18(29)22(32)27-17(13-14-6-7-14)19(30)23(33)26-16-10-11-16/h14-18,20H,4-13H2,1-3H3,(H,26,33)(H,27,32)(H,28,31)/t17?,18-,20+/m0/s1. The smallest absolute Gasteiger partial charge is 0.289 e. The van der Waals surface area contributed by atoms with Gasteiger partial charge in [0.25, 0.3) is 5.91 Å². The predicted molar refractivity (Wildman–Crippen MR) is 124 cm³/mol. The molecular formula is C25H38N4O5. The van der Waals surface area contributed by atoms with Crippen LogP contribution in [0.2, 0.25) is 0 Å². The van der Waals surface area contributed by atoms with Gasteiger partial charge in [0.05, 0.1) is 6.04 Å². The number of hydrogen-bond acceptors (Lipinski definition) is 5. The van der Waals surface area contributed by atoms with Crippen molar-refractivity contribution in [3.8, 4) is 0 Å². The largest absolute Gasteiger partial charge is 0.347 e. The predicted octanol–water partition coefficient (Wildman–Crippen LogP) is 1.05. The van der Waals surface area contributed by atoms with Crippen LogP contribution < -0.4 is 16.0 Å². The summed E-state index contributed by atoms with van der Waals surface area (Å²) in [4.78, 5) is 65.9. The fourth-order valence-electron chi connectivity index (χ4n) is 4.55. The van der Waals surface area contributed by atoms with Crippen molar-refractivity contribution in [3.63, 3.8) is 0 Å². The van der Waals surface area contributed by atoms with E-state index in [2.05, 4.69) is 16.0 Å². The number of likely N-dealkylation sites (tertiary alicyclic amines) is 1. The van der Waals surface area contributed by atoms with Crippen LogP contribution in [0.5, 0.6) is 0 Å². The molecule has 3 saturated carbocycles. The zero-order valence-corrected chi connectivity index (χ0v) is 20.5. The molecule has 1 saturated heterocycles. The van der Waals surface area contributed by atoms with Crippen molar-refractivity contribution in [2.24, 2.45) is 17.3 Å². The molecule has 1 unspecified atom stereocenters. The summed E-state index contributed by atoms with van der Waals surface area (Å²) in [5.74, 6) is -1.69. The van der Waals surface area contributed by atoms with Crippen LogP contribution in [0.3, 0.4) is 0 Å². The second-order valence-corrected chi connectivity index (χ2v) is 11.6. The average molecular weight is 475 g/mol. The minimum absolute atomic E-state index is 0.0219. The lowest BCUT2D eigenvalue weighted by Crippen LogP contribution is -2.59. The number of carbonyl (C=O) groups is 5. The first kappa shape index (κ1) is 24.7. The van der Waals surface area contributed by atoms with Crippen molar-refractivity contribution in [1.82, 2.24) is 20.9 Å². The van der Waals surface area contributed by atoms with Crippen molar-refractivity contribution in [3.05, 3.63) is 0 Å². The molecule has 9 nitrogen and oxygen atoms in total. The lowest BCUT2D eigenvalue weighted by atomic mass is 9.85. The monoisotopic (exact) mass is 474 g/mol. The SMILES string of the molecule is CC(C)(C)[C@H](NC(=O)C1CC1)C(=O)N1CCC[C@H]1C(=O)NC(CC1CC1)C(=O)C(=O)NC1CC1. The van der Waals surface area contributed by atoms with E-state index in [4.69, 9.17) is 0 Å². The van der Waals surface area contributed by atoms with Crippen molar-refractivity contribution in [1.29, 1.82) is 0 Å². The Balaban J connectivity index is 1.42. The lowest BCUT2D eigenvalue weighted by molar-refractivity contribution is -0.145. The summed E-state index contributed by atoms with van der Waals surface area (Å²) in [5.41, 5.74) is -0.517. The number of carbonyl (C=O) groups excluding carboxylic acids is 5. The van der Waals surface area contributed by atoms with Crippen LogP contribution in [0.4, 0.5) is 0 Å². The maximum atomic E-state index is 13.5. The van der Waals surface area contributed by atoms with E-state index in [9.17, 15) is 24.0 Å². The summed E-state index contributed by atoms with van der Waals surface area (Å²) in [5, 5.41) is 8.44. The van der Waals surface area contributed by atoms with Gasteiger partial charge in [0.15, 0.2) is 0 Å². The Morgan fingerprint density at radius 2 is 1.56 bits per heavy atom. The van der Waals surface area contributed by atoms with E-state index < -0.39 is 41.1 Å². The Hall–Kier alpha value is -2.45. The van der Waals surface area contributed by atoms with Crippen LogP contribution in [-0.2, 0) is 24.0 Å². The van der Waals surface area contributed by atoms with Gasteiger partial charge in [-0.1, -0.05) is 33.6 Å². The minimum Gasteiger partial charge on any atom is -0.347 e. The van der Waals surface area contributed by atoms with Crippen LogP contribution in [0.1, 0.15) is 78.6 Å². The summed E-state index contributed by atoms with van der Waals surface area (Å²) >= 11 is 0. The highest BCUT2D eigenvalue weighted by Crippen LogP contribution is 2.34. The Kier molecular flexibility index (Phi) is 7.01. The normalized spacial score (nSPS) is 24.2. The van der Waals surface area contributed by atoms with Crippen LogP contribution in [-0.4, -0.2) is 65.0 Å². The Labute approximate surface area is 201 Å². The highest BCUT2D eigenvalue weighted by atomic mass is 16.2. The molecule has 0 bridgehead atoms. The van der Waals surface area contributed by atoms with E-state index in [1.807, 2.05) is 20.8 Å². The summed E-state index contributed by atoms with van der Waals surface area (Å²) in [6.07, 6.45) is 7.04. The Morgan fingerprint density at radius 3 is 2.12 bits per heavy atom. The molecule has 4 aliphatic rings. The topological polar surface area (TPSA) is 125 Å². The molecule has 3 N–H and O–H groups in total. The van der Waals surface area contributed by atoms with Gasteiger partial charge in [-0.05, 0) is 56.3 Å². The molecule has 3 aliphatic carbocycles. The highest BCUT2D eigenvalue weighted by Gasteiger charge is 2.44. The third-order valence-corrected chi connectivity index (χ3v) is 7.22. The first-order chi connectivity index (χ1) is 16.0. The number of Topliss-reactive ketones (excluding diaryl/α,β-unsaturated/α-hetero) is 1. The molecule has 34 heavy (non-hydrogen) atoms. The third kappa shape index (κ3) is 6.16. The van der Waals surface area contributed by atoms with Gasteiger partial charge in [0, 0.05) is 18.5 Å². The van der Waals surface area contributed by atoms with Crippen LogP contribution >= 0.6 is 0 Å². The molecular weight excluding hydrogens is 436 g/mol. The average Bonchev–Trinajstić information content (AvgIpc) is 3.61. The first-order valence-electron chi connectivity index (χ1n) is 12.8. The van der Waals surface area contributed by atoms with E-state index in [1.165, 1.54) is 0 Å². The fourth-order valence-corrected chi connectivity index (χ4v) is 4.55. The van der Waals surface area contributed by atoms with Gasteiger partial charge < -0.3 is 20.9 Å². The van der Waals surface area contributed by atoms with Gasteiger partial charge in [-0.15, -0.1) is 0 Å². The molecule has 3 atom stereocenters. The van der Waals surface area contributed by atoms with Gasteiger partial charge in [-0.2, -0.15) is 0 Å². The van der Waals surface area contributed by atoms with Gasteiger partial charge in [0.1, 0.15) is 12.1 Å². The Bertz CT molecular complexity index is 854. The van der Waals surface area contributed by atoms with Crippen molar-refractivity contribution >= 4 is 29.4 Å². The minimum atomic E-state index is -0.871. The fraction of sp³-hybridized carbons (Fsp3) is 0.800. The molecule has 188 valence electrons. The quantitative estimate of drug-likeness (QED) is 0.408. The van der Waals surface area contributed by atoms with Crippen molar-refractivity contribution in [2.75, 3.05) is 6.54 Å². The van der Waals surface area contributed by atoms with E-state index in [0.29, 0.717) is 31.7 Å². The highest BCUT2D eigenvalue weighted by molar-refractivity contribution is 6.38. The summed E-state index contributed by atoms with van der Waals surface area (Å²) in [6.45, 7) is 6.12. The number of nitrogens with zero attached hydrogens (tertiary/aromatic N) is 1. The number of nitrogens with one attached hydrogen (secondary N) is 3. The summed E-state index contributed by atoms with van der Waals surface area (Å²) in [7, 11) is 0. The molecule has 0 aromatic rings. The molecule has 4 amide bonds. The van der Waals surface area contributed by atoms with Gasteiger partial charge in [-0.25, -0.2) is 0 Å². The number of hydrogen-bond donors (Lipinski definition) is 3. The summed E-state index contributed by atoms with van der Waals surface area (Å²) in [6, 6.07) is -2.25. The number of rotatable bonds is 10. The lowest BCUT2D eigenvalue weighted by Gasteiger charge is -2.35. The maximum Gasteiger partial charge on any atom is 0.289 e. The molecule has 0 aromatic heterocycles. The van der Waals surface area contributed by atoms with Gasteiger partial charge in [0.2, 0.25) is 23.5 Å². The zero-order chi connectivity index (χ0) is 24.6. The van der Waals surface area contributed by atoms with E-state index >= 15 is 0 Å². The van der Waals surface area contributed by atoms with Gasteiger partial charge in [-0.3, -0.25) is 24.0 Å². The molecule has 4 fully saturated rings.